The number of hydrogen-bond acceptors (Lipinski definition) is 0. The van der Waals surface area contributed by atoms with E-state index in [1.807, 2.05) is 0 Å². The SMILES string of the molecule is CC1CC2(C1C)C(C)C2(C)CCC1CC2(C1C)C(C)C2(C)C. The van der Waals surface area contributed by atoms with Crippen LogP contribution in [0.15, 0.2) is 0 Å². The van der Waals surface area contributed by atoms with Gasteiger partial charge >= 0.3 is 0 Å². The van der Waals surface area contributed by atoms with Gasteiger partial charge in [0.15, 0.2) is 0 Å². The van der Waals surface area contributed by atoms with Crippen molar-refractivity contribution in [2.45, 2.75) is 81.1 Å². The van der Waals surface area contributed by atoms with Gasteiger partial charge < -0.3 is 0 Å². The van der Waals surface area contributed by atoms with E-state index in [4.69, 9.17) is 0 Å². The second-order valence-corrected chi connectivity index (χ2v) is 10.9. The van der Waals surface area contributed by atoms with Gasteiger partial charge in [0, 0.05) is 0 Å². The van der Waals surface area contributed by atoms with Gasteiger partial charge in [-0.3, -0.25) is 0 Å². The summed E-state index contributed by atoms with van der Waals surface area (Å²) in [6.45, 7) is 20.3. The smallest absolute Gasteiger partial charge is 0.0179 e. The zero-order chi connectivity index (χ0) is 16.3. The lowest BCUT2D eigenvalue weighted by Crippen LogP contribution is -2.41. The summed E-state index contributed by atoms with van der Waals surface area (Å²) >= 11 is 0. The first-order valence-corrected chi connectivity index (χ1v) is 10.1. The molecule has 4 aliphatic rings. The Balaban J connectivity index is 1.36. The van der Waals surface area contributed by atoms with Crippen LogP contribution in [0.4, 0.5) is 0 Å². The molecule has 0 aromatic heterocycles. The van der Waals surface area contributed by atoms with Crippen LogP contribution in [0.1, 0.15) is 81.1 Å². The molecule has 4 saturated carbocycles. The second kappa shape index (κ2) is 3.97. The van der Waals surface area contributed by atoms with E-state index in [0.29, 0.717) is 10.8 Å². The number of rotatable bonds is 3. The molecular weight excluding hydrogens is 264 g/mol. The summed E-state index contributed by atoms with van der Waals surface area (Å²) in [5, 5.41) is 0. The quantitative estimate of drug-likeness (QED) is 0.565. The molecule has 0 radical (unpaired) electrons. The standard InChI is InChI=1S/C22H38/c1-13-11-22(14(13)2)17(5)20(22,8)10-9-18-12-21(15(18)3)16(4)19(21,6)7/h13-18H,9-12H2,1-8H3. The van der Waals surface area contributed by atoms with E-state index in [1.165, 1.54) is 25.7 Å². The lowest BCUT2D eigenvalue weighted by atomic mass is 9.56. The third-order valence-corrected chi connectivity index (χ3v) is 11.2. The molecule has 4 fully saturated rings. The first kappa shape index (κ1) is 15.5. The van der Waals surface area contributed by atoms with Crippen LogP contribution in [0, 0.1) is 57.2 Å². The molecule has 0 nitrogen and oxygen atoms in total. The zero-order valence-electron chi connectivity index (χ0n) is 16.3. The predicted molar refractivity (Wildman–Crippen MR) is 94.5 cm³/mol. The lowest BCUT2D eigenvalue weighted by molar-refractivity contribution is 0.000793. The molecule has 0 heterocycles. The van der Waals surface area contributed by atoms with Crippen molar-refractivity contribution >= 4 is 0 Å². The molecule has 4 aliphatic carbocycles. The topological polar surface area (TPSA) is 0 Å². The van der Waals surface area contributed by atoms with Crippen LogP contribution in [0.2, 0.25) is 0 Å². The Morgan fingerprint density at radius 1 is 0.773 bits per heavy atom. The van der Waals surface area contributed by atoms with Crippen LogP contribution in [-0.4, -0.2) is 0 Å². The Kier molecular flexibility index (Phi) is 2.80. The third kappa shape index (κ3) is 1.32. The van der Waals surface area contributed by atoms with Gasteiger partial charge in [0.05, 0.1) is 0 Å². The molecule has 0 aromatic rings. The predicted octanol–water partition coefficient (Wildman–Crippen LogP) is 6.40. The number of hydrogen-bond donors (Lipinski definition) is 0. The summed E-state index contributed by atoms with van der Waals surface area (Å²) in [5.41, 5.74) is 2.76. The summed E-state index contributed by atoms with van der Waals surface area (Å²) in [7, 11) is 0. The average Bonchev–Trinajstić information content (AvgIpc) is 3.15. The Bertz CT molecular complexity index is 504. The summed E-state index contributed by atoms with van der Waals surface area (Å²) in [4.78, 5) is 0. The first-order chi connectivity index (χ1) is 10.1. The highest BCUT2D eigenvalue weighted by Crippen LogP contribution is 2.85. The van der Waals surface area contributed by atoms with E-state index in [9.17, 15) is 0 Å². The third-order valence-electron chi connectivity index (χ3n) is 11.2. The molecule has 4 rings (SSSR count). The van der Waals surface area contributed by atoms with E-state index in [1.54, 1.807) is 0 Å². The van der Waals surface area contributed by atoms with E-state index in [0.717, 1.165) is 46.3 Å². The van der Waals surface area contributed by atoms with Crippen LogP contribution in [0.25, 0.3) is 0 Å². The highest BCUT2D eigenvalue weighted by Gasteiger charge is 2.78. The van der Waals surface area contributed by atoms with Gasteiger partial charge in [-0.2, -0.15) is 0 Å². The monoisotopic (exact) mass is 302 g/mol. The van der Waals surface area contributed by atoms with Crippen LogP contribution in [0.3, 0.4) is 0 Å². The van der Waals surface area contributed by atoms with Gasteiger partial charge in [-0.1, -0.05) is 55.4 Å². The normalized spacial score (nSPS) is 64.4. The lowest BCUT2D eigenvalue weighted by Gasteiger charge is -2.49. The zero-order valence-corrected chi connectivity index (χ0v) is 16.3. The van der Waals surface area contributed by atoms with E-state index in [-0.39, 0.29) is 0 Å². The summed E-state index contributed by atoms with van der Waals surface area (Å²) in [6, 6.07) is 0. The van der Waals surface area contributed by atoms with Gasteiger partial charge in [-0.15, -0.1) is 0 Å². The summed E-state index contributed by atoms with van der Waals surface area (Å²) in [6.07, 6.45) is 6.06. The second-order valence-electron chi connectivity index (χ2n) is 10.9. The van der Waals surface area contributed by atoms with Crippen molar-refractivity contribution in [3.8, 4) is 0 Å². The maximum Gasteiger partial charge on any atom is -0.0179 e. The fourth-order valence-corrected chi connectivity index (χ4v) is 8.54. The molecule has 9 atom stereocenters. The molecule has 9 unspecified atom stereocenters. The van der Waals surface area contributed by atoms with Crippen molar-refractivity contribution in [2.24, 2.45) is 57.2 Å². The summed E-state index contributed by atoms with van der Waals surface area (Å²) < 4.78 is 0. The molecule has 2 spiro atoms. The van der Waals surface area contributed by atoms with Crippen LogP contribution < -0.4 is 0 Å². The molecule has 0 aliphatic heterocycles. The molecule has 0 amide bonds. The minimum absolute atomic E-state index is 0.624. The fraction of sp³-hybridized carbons (Fsp3) is 1.00. The fourth-order valence-electron chi connectivity index (χ4n) is 8.54. The van der Waals surface area contributed by atoms with Crippen molar-refractivity contribution < 1.29 is 0 Å². The molecule has 0 N–H and O–H groups in total. The van der Waals surface area contributed by atoms with Gasteiger partial charge in [0.2, 0.25) is 0 Å². The van der Waals surface area contributed by atoms with Gasteiger partial charge in [-0.25, -0.2) is 0 Å². The average molecular weight is 303 g/mol. The largest absolute Gasteiger partial charge is 0.0622 e. The molecule has 0 bridgehead atoms. The molecule has 126 valence electrons. The van der Waals surface area contributed by atoms with Crippen LogP contribution >= 0.6 is 0 Å². The van der Waals surface area contributed by atoms with Gasteiger partial charge in [0.1, 0.15) is 0 Å². The maximum absolute atomic E-state index is 2.63. The first-order valence-electron chi connectivity index (χ1n) is 10.1. The van der Waals surface area contributed by atoms with E-state index >= 15 is 0 Å². The van der Waals surface area contributed by atoms with Crippen LogP contribution in [-0.2, 0) is 0 Å². The Morgan fingerprint density at radius 3 is 1.77 bits per heavy atom. The van der Waals surface area contributed by atoms with E-state index < -0.39 is 0 Å². The van der Waals surface area contributed by atoms with Crippen molar-refractivity contribution in [3.63, 3.8) is 0 Å². The van der Waals surface area contributed by atoms with Gasteiger partial charge in [-0.05, 0) is 82.9 Å². The molecule has 22 heavy (non-hydrogen) atoms. The summed E-state index contributed by atoms with van der Waals surface area (Å²) in [5.74, 6) is 5.89. The van der Waals surface area contributed by atoms with Crippen LogP contribution in [0.5, 0.6) is 0 Å². The maximum atomic E-state index is 2.63. The minimum atomic E-state index is 0.624. The van der Waals surface area contributed by atoms with E-state index in [2.05, 4.69) is 55.4 Å². The Morgan fingerprint density at radius 2 is 1.36 bits per heavy atom. The minimum Gasteiger partial charge on any atom is -0.0622 e. The Labute approximate surface area is 138 Å². The molecule has 0 aromatic carbocycles. The highest BCUT2D eigenvalue weighted by molar-refractivity contribution is 5.26. The Hall–Kier alpha value is 0. The van der Waals surface area contributed by atoms with Crippen molar-refractivity contribution in [3.05, 3.63) is 0 Å². The molecular formula is C22H38. The van der Waals surface area contributed by atoms with Crippen molar-refractivity contribution in [1.29, 1.82) is 0 Å². The van der Waals surface area contributed by atoms with Crippen molar-refractivity contribution in [2.75, 3.05) is 0 Å². The highest BCUT2D eigenvalue weighted by atomic mass is 14.8. The molecule has 0 heteroatoms. The molecule has 0 saturated heterocycles. The van der Waals surface area contributed by atoms with Gasteiger partial charge in [0.25, 0.3) is 0 Å². The van der Waals surface area contributed by atoms with Crippen molar-refractivity contribution in [1.82, 2.24) is 0 Å².